The molecule has 8 heteroatoms. The average molecular weight is 344 g/mol. The minimum atomic E-state index is -0.420. The van der Waals surface area contributed by atoms with Gasteiger partial charge in [-0.25, -0.2) is 19.3 Å². The minimum Gasteiger partial charge on any atom is -0.379 e. The van der Waals surface area contributed by atoms with Crippen LogP contribution in [-0.4, -0.2) is 59.3 Å². The summed E-state index contributed by atoms with van der Waals surface area (Å²) in [5, 5.41) is 0. The maximum atomic E-state index is 13.1. The lowest BCUT2D eigenvalue weighted by Crippen LogP contribution is -2.51. The summed E-state index contributed by atoms with van der Waals surface area (Å²) >= 11 is 0. The molecule has 1 spiro atoms. The molecule has 1 atom stereocenters. The third-order valence-electron chi connectivity index (χ3n) is 4.86. The van der Waals surface area contributed by atoms with Gasteiger partial charge in [0.1, 0.15) is 5.82 Å². The maximum absolute atomic E-state index is 13.1. The summed E-state index contributed by atoms with van der Waals surface area (Å²) < 4.78 is 19.0. The van der Waals surface area contributed by atoms with Gasteiger partial charge in [-0.1, -0.05) is 0 Å². The molecule has 2 saturated heterocycles. The van der Waals surface area contributed by atoms with Gasteiger partial charge in [-0.2, -0.15) is 0 Å². The summed E-state index contributed by atoms with van der Waals surface area (Å²) in [6, 6.07) is 0. The second kappa shape index (κ2) is 6.87. The van der Waals surface area contributed by atoms with Gasteiger partial charge in [0.05, 0.1) is 31.8 Å². The molecule has 132 valence electrons. The Labute approximate surface area is 145 Å². The second-order valence-corrected chi connectivity index (χ2v) is 6.76. The third kappa shape index (κ3) is 3.53. The normalized spacial score (nSPS) is 24.4. The number of anilines is 2. The predicted molar refractivity (Wildman–Crippen MR) is 90.9 cm³/mol. The molecule has 0 saturated carbocycles. The first-order chi connectivity index (χ1) is 12.2. The molecule has 2 aromatic rings. The number of halogens is 1. The van der Waals surface area contributed by atoms with E-state index in [-0.39, 0.29) is 5.41 Å². The standard InChI is InChI=1S/C17H21FN6O/c18-14-8-21-16(22-9-14)24-6-7-25-13-17(12-24)2-1-5-23(11-17)15-10-19-3-4-20-15/h3-4,8-10H,1-2,5-7,11-13H2/t17-/m0/s1. The van der Waals surface area contributed by atoms with Gasteiger partial charge >= 0.3 is 0 Å². The number of aromatic nitrogens is 4. The van der Waals surface area contributed by atoms with Crippen molar-refractivity contribution in [2.45, 2.75) is 12.8 Å². The Morgan fingerprint density at radius 2 is 1.84 bits per heavy atom. The molecule has 2 fully saturated rings. The highest BCUT2D eigenvalue weighted by molar-refractivity contribution is 5.37. The highest BCUT2D eigenvalue weighted by Crippen LogP contribution is 2.35. The van der Waals surface area contributed by atoms with Crippen molar-refractivity contribution in [1.82, 2.24) is 19.9 Å². The van der Waals surface area contributed by atoms with Gasteiger partial charge in [-0.05, 0) is 12.8 Å². The first-order valence-electron chi connectivity index (χ1n) is 8.55. The number of rotatable bonds is 2. The third-order valence-corrected chi connectivity index (χ3v) is 4.86. The largest absolute Gasteiger partial charge is 0.379 e. The van der Waals surface area contributed by atoms with E-state index < -0.39 is 5.82 Å². The zero-order valence-electron chi connectivity index (χ0n) is 14.0. The lowest BCUT2D eigenvalue weighted by atomic mass is 9.80. The van der Waals surface area contributed by atoms with E-state index in [0.717, 1.165) is 38.3 Å². The van der Waals surface area contributed by atoms with Gasteiger partial charge in [0.25, 0.3) is 0 Å². The van der Waals surface area contributed by atoms with Gasteiger partial charge in [0.15, 0.2) is 5.82 Å². The smallest absolute Gasteiger partial charge is 0.225 e. The Morgan fingerprint density at radius 1 is 1.00 bits per heavy atom. The van der Waals surface area contributed by atoms with Crippen molar-refractivity contribution in [3.8, 4) is 0 Å². The molecule has 0 amide bonds. The van der Waals surface area contributed by atoms with Gasteiger partial charge < -0.3 is 14.5 Å². The highest BCUT2D eigenvalue weighted by Gasteiger charge is 2.40. The fourth-order valence-corrected chi connectivity index (χ4v) is 3.74. The van der Waals surface area contributed by atoms with Crippen LogP contribution in [0.2, 0.25) is 0 Å². The van der Waals surface area contributed by atoms with Gasteiger partial charge in [0, 0.05) is 44.0 Å². The van der Waals surface area contributed by atoms with Crippen molar-refractivity contribution < 1.29 is 9.13 Å². The van der Waals surface area contributed by atoms with E-state index in [1.165, 1.54) is 12.4 Å². The number of hydrogen-bond acceptors (Lipinski definition) is 7. The monoisotopic (exact) mass is 344 g/mol. The molecule has 4 heterocycles. The van der Waals surface area contributed by atoms with Crippen molar-refractivity contribution in [1.29, 1.82) is 0 Å². The molecule has 7 nitrogen and oxygen atoms in total. The van der Waals surface area contributed by atoms with Crippen LogP contribution < -0.4 is 9.80 Å². The summed E-state index contributed by atoms with van der Waals surface area (Å²) in [6.07, 6.45) is 9.78. The molecule has 0 N–H and O–H groups in total. The Bertz CT molecular complexity index is 700. The van der Waals surface area contributed by atoms with Crippen LogP contribution in [0.4, 0.5) is 16.2 Å². The molecule has 2 aliphatic heterocycles. The number of hydrogen-bond donors (Lipinski definition) is 0. The predicted octanol–water partition coefficient (Wildman–Crippen LogP) is 1.53. The molecule has 2 aliphatic rings. The zero-order valence-corrected chi connectivity index (χ0v) is 14.0. The zero-order chi connectivity index (χ0) is 17.1. The molecule has 2 aromatic heterocycles. The van der Waals surface area contributed by atoms with E-state index in [4.69, 9.17) is 4.74 Å². The van der Waals surface area contributed by atoms with Crippen LogP contribution >= 0.6 is 0 Å². The Kier molecular flexibility index (Phi) is 4.44. The molecule has 0 aliphatic carbocycles. The molecule has 25 heavy (non-hydrogen) atoms. The Hall–Kier alpha value is -2.35. The fraction of sp³-hybridized carbons (Fsp3) is 0.529. The average Bonchev–Trinajstić information content (AvgIpc) is 2.86. The van der Waals surface area contributed by atoms with E-state index in [2.05, 4.69) is 29.7 Å². The number of ether oxygens (including phenoxy) is 1. The van der Waals surface area contributed by atoms with E-state index >= 15 is 0 Å². The van der Waals surface area contributed by atoms with E-state index in [0.29, 0.717) is 25.7 Å². The molecule has 0 aromatic carbocycles. The summed E-state index contributed by atoms with van der Waals surface area (Å²) in [5.74, 6) is 1.04. The summed E-state index contributed by atoms with van der Waals surface area (Å²) in [6.45, 7) is 4.62. The van der Waals surface area contributed by atoms with Crippen molar-refractivity contribution in [2.75, 3.05) is 49.2 Å². The van der Waals surface area contributed by atoms with E-state index in [9.17, 15) is 4.39 Å². The van der Waals surface area contributed by atoms with E-state index in [1.54, 1.807) is 18.6 Å². The van der Waals surface area contributed by atoms with Crippen molar-refractivity contribution in [3.05, 3.63) is 36.8 Å². The van der Waals surface area contributed by atoms with Gasteiger partial charge in [-0.3, -0.25) is 4.98 Å². The molecule has 0 bridgehead atoms. The van der Waals surface area contributed by atoms with Crippen LogP contribution in [0.15, 0.2) is 31.0 Å². The summed E-state index contributed by atoms with van der Waals surface area (Å²) in [5.41, 5.74) is -0.0238. The highest BCUT2D eigenvalue weighted by atomic mass is 19.1. The molecular weight excluding hydrogens is 323 g/mol. The lowest BCUT2D eigenvalue weighted by Gasteiger charge is -2.43. The Balaban J connectivity index is 1.55. The minimum absolute atomic E-state index is 0.0238. The number of nitrogens with zero attached hydrogens (tertiary/aromatic N) is 6. The quantitative estimate of drug-likeness (QED) is 0.818. The lowest BCUT2D eigenvalue weighted by molar-refractivity contribution is 0.0597. The van der Waals surface area contributed by atoms with Gasteiger partial charge in [-0.15, -0.1) is 0 Å². The Morgan fingerprint density at radius 3 is 2.64 bits per heavy atom. The van der Waals surface area contributed by atoms with E-state index in [1.807, 2.05) is 0 Å². The number of piperidine rings is 1. The first-order valence-corrected chi connectivity index (χ1v) is 8.55. The van der Waals surface area contributed by atoms with Crippen LogP contribution in [0.25, 0.3) is 0 Å². The van der Waals surface area contributed by atoms with Crippen LogP contribution in [0, 0.1) is 11.2 Å². The van der Waals surface area contributed by atoms with Crippen LogP contribution in [0.5, 0.6) is 0 Å². The SMILES string of the molecule is Fc1cnc(N2CCOC[C@]3(CCCN(c4cnccn4)C3)C2)nc1. The molecule has 4 rings (SSSR count). The molecular formula is C17H21FN6O. The van der Waals surface area contributed by atoms with Crippen LogP contribution in [0.1, 0.15) is 12.8 Å². The maximum Gasteiger partial charge on any atom is 0.225 e. The van der Waals surface area contributed by atoms with Crippen molar-refractivity contribution in [2.24, 2.45) is 5.41 Å². The van der Waals surface area contributed by atoms with Crippen LogP contribution in [-0.2, 0) is 4.74 Å². The summed E-state index contributed by atoms with van der Waals surface area (Å²) in [4.78, 5) is 21.3. The first kappa shape index (κ1) is 16.1. The molecule has 0 radical (unpaired) electrons. The van der Waals surface area contributed by atoms with Crippen molar-refractivity contribution >= 4 is 11.8 Å². The fourth-order valence-electron chi connectivity index (χ4n) is 3.74. The summed E-state index contributed by atoms with van der Waals surface area (Å²) in [7, 11) is 0. The topological polar surface area (TPSA) is 67.3 Å². The van der Waals surface area contributed by atoms with Crippen LogP contribution in [0.3, 0.4) is 0 Å². The van der Waals surface area contributed by atoms with Crippen molar-refractivity contribution in [3.63, 3.8) is 0 Å². The van der Waals surface area contributed by atoms with Gasteiger partial charge in [0.2, 0.25) is 5.95 Å². The second-order valence-electron chi connectivity index (χ2n) is 6.76. The molecule has 0 unspecified atom stereocenters.